The van der Waals surface area contributed by atoms with Crippen LogP contribution in [-0.2, 0) is 9.36 Å². The number of hydrogen-bond donors (Lipinski definition) is 3. The van der Waals surface area contributed by atoms with E-state index in [0.717, 1.165) is 0 Å². The molecule has 0 saturated carbocycles. The van der Waals surface area contributed by atoms with E-state index in [4.69, 9.17) is 14.4 Å². The molecule has 56 valence electrons. The van der Waals surface area contributed by atoms with E-state index in [0.29, 0.717) is 0 Å². The van der Waals surface area contributed by atoms with Crippen molar-refractivity contribution in [2.24, 2.45) is 0 Å². The van der Waals surface area contributed by atoms with Crippen LogP contribution in [-0.4, -0.2) is 22.7 Å². The minimum Gasteiger partial charge on any atom is -0.359 e. The molecule has 0 aliphatic rings. The Morgan fingerprint density at radius 3 is 1.67 bits per heavy atom. The largest absolute Gasteiger partial charge is 0.359 e. The molecule has 0 heterocycles. The molecule has 0 aliphatic heterocycles. The molecule has 0 aromatic rings. The van der Waals surface area contributed by atoms with Gasteiger partial charge in [0.05, 0.1) is 0 Å². The summed E-state index contributed by atoms with van der Waals surface area (Å²) >= 11 is 0. The van der Waals surface area contributed by atoms with Crippen molar-refractivity contribution in [3.05, 3.63) is 0 Å². The third-order valence-corrected chi connectivity index (χ3v) is 0.352. The van der Waals surface area contributed by atoms with Crippen LogP contribution in [0.2, 0.25) is 0 Å². The van der Waals surface area contributed by atoms with Crippen molar-refractivity contribution >= 4 is 14.2 Å². The maximum Gasteiger partial charge on any atom is 0.314 e. The van der Waals surface area contributed by atoms with E-state index in [-0.39, 0.29) is 5.91 Å². The van der Waals surface area contributed by atoms with Gasteiger partial charge < -0.3 is 15.1 Å². The third kappa shape index (κ3) is 91.7. The Kier molecular flexibility index (Phi) is 9.67. The van der Waals surface area contributed by atoms with Gasteiger partial charge in [0.2, 0.25) is 5.91 Å². The lowest BCUT2D eigenvalue weighted by atomic mass is 10.7. The van der Waals surface area contributed by atoms with E-state index < -0.39 is 8.25 Å². The Balaban J connectivity index is 0. The smallest absolute Gasteiger partial charge is 0.314 e. The molecule has 3 N–H and O–H groups in total. The lowest BCUT2D eigenvalue weighted by molar-refractivity contribution is -0.118. The molecular formula is C3H10NO4P. The normalized spacial score (nSPS) is 7.67. The van der Waals surface area contributed by atoms with E-state index >= 15 is 0 Å². The predicted molar refractivity (Wildman–Crippen MR) is 33.2 cm³/mol. The van der Waals surface area contributed by atoms with Crippen LogP contribution >= 0.6 is 8.25 Å². The Morgan fingerprint density at radius 2 is 1.67 bits per heavy atom. The zero-order valence-electron chi connectivity index (χ0n) is 5.21. The number of carbonyl (C=O) groups is 1. The van der Waals surface area contributed by atoms with Gasteiger partial charge in [-0.25, -0.2) is 0 Å². The molecule has 0 unspecified atom stereocenters. The zero-order chi connectivity index (χ0) is 7.86. The van der Waals surface area contributed by atoms with Crippen molar-refractivity contribution in [1.82, 2.24) is 5.32 Å². The fourth-order valence-corrected chi connectivity index (χ4v) is 0. The molecule has 0 spiro atoms. The predicted octanol–water partition coefficient (Wildman–Crippen LogP) is -0.887. The molecule has 6 heteroatoms. The number of nitrogens with one attached hydrogen (secondary N) is 1. The minimum absolute atomic E-state index is 0.00463. The summed E-state index contributed by atoms with van der Waals surface area (Å²) in [5, 5.41) is 2.39. The van der Waals surface area contributed by atoms with Crippen LogP contribution in [0.4, 0.5) is 0 Å². The van der Waals surface area contributed by atoms with Crippen molar-refractivity contribution in [3.8, 4) is 0 Å². The van der Waals surface area contributed by atoms with Gasteiger partial charge in [-0.05, 0) is 0 Å². The molecular weight excluding hydrogens is 145 g/mol. The van der Waals surface area contributed by atoms with Crippen molar-refractivity contribution in [3.63, 3.8) is 0 Å². The molecule has 9 heavy (non-hydrogen) atoms. The van der Waals surface area contributed by atoms with E-state index in [9.17, 15) is 4.79 Å². The highest BCUT2D eigenvalue weighted by molar-refractivity contribution is 7.30. The summed E-state index contributed by atoms with van der Waals surface area (Å²) in [6.07, 6.45) is 0. The lowest BCUT2D eigenvalue weighted by Crippen LogP contribution is -2.11. The van der Waals surface area contributed by atoms with E-state index in [2.05, 4.69) is 5.32 Å². The Bertz CT molecular complexity index is 100.0. The Hall–Kier alpha value is -0.380. The van der Waals surface area contributed by atoms with Gasteiger partial charge in [0.25, 0.3) is 0 Å². The van der Waals surface area contributed by atoms with E-state index in [1.165, 1.54) is 6.92 Å². The third-order valence-electron chi connectivity index (χ3n) is 0.352. The van der Waals surface area contributed by atoms with Crippen molar-refractivity contribution in [2.75, 3.05) is 7.05 Å². The van der Waals surface area contributed by atoms with Crippen LogP contribution in [0.25, 0.3) is 0 Å². The van der Waals surface area contributed by atoms with Gasteiger partial charge in [0.1, 0.15) is 0 Å². The average Bonchev–Trinajstić information content (AvgIpc) is 1.65. The molecule has 0 bridgehead atoms. The zero-order valence-corrected chi connectivity index (χ0v) is 6.21. The lowest BCUT2D eigenvalue weighted by Gasteiger charge is -1.80. The highest BCUT2D eigenvalue weighted by Gasteiger charge is 1.72. The SMILES string of the molecule is CNC(C)=O.O=[PH](O)O. The first-order valence-corrected chi connectivity index (χ1v) is 3.41. The number of carbonyl (C=O) groups excluding carboxylic acids is 1. The van der Waals surface area contributed by atoms with Crippen LogP contribution in [0.1, 0.15) is 6.92 Å². The fraction of sp³-hybridized carbons (Fsp3) is 0.667. The highest BCUT2D eigenvalue weighted by atomic mass is 31.1. The molecule has 0 atom stereocenters. The highest BCUT2D eigenvalue weighted by Crippen LogP contribution is 1.98. The van der Waals surface area contributed by atoms with Crippen LogP contribution < -0.4 is 5.32 Å². The molecule has 5 nitrogen and oxygen atoms in total. The van der Waals surface area contributed by atoms with E-state index in [1.54, 1.807) is 7.05 Å². The number of amides is 1. The van der Waals surface area contributed by atoms with Crippen LogP contribution in [0.15, 0.2) is 0 Å². The second-order valence-corrected chi connectivity index (χ2v) is 1.65. The Labute approximate surface area is 53.7 Å². The van der Waals surface area contributed by atoms with Crippen LogP contribution in [0.3, 0.4) is 0 Å². The standard InChI is InChI=1S/C3H7NO.H3O3P/c1-3(5)4-2;1-4(2)3/h1-2H3,(H,4,5);4H,(H2,1,2,3). The molecule has 0 aliphatic carbocycles. The van der Waals surface area contributed by atoms with Gasteiger partial charge in [-0.1, -0.05) is 0 Å². The van der Waals surface area contributed by atoms with Crippen molar-refractivity contribution in [1.29, 1.82) is 0 Å². The van der Waals surface area contributed by atoms with Gasteiger partial charge in [-0.2, -0.15) is 0 Å². The first-order chi connectivity index (χ1) is 4.00. The number of rotatable bonds is 0. The Morgan fingerprint density at radius 1 is 1.56 bits per heavy atom. The number of hydrogen-bond acceptors (Lipinski definition) is 2. The monoisotopic (exact) mass is 155 g/mol. The summed E-state index contributed by atoms with van der Waals surface area (Å²) < 4.78 is 8.74. The average molecular weight is 155 g/mol. The van der Waals surface area contributed by atoms with Gasteiger partial charge in [-0.15, -0.1) is 0 Å². The molecule has 0 fully saturated rings. The second-order valence-electron chi connectivity index (χ2n) is 1.09. The summed E-state index contributed by atoms with van der Waals surface area (Å²) in [7, 11) is -1.53. The maximum absolute atomic E-state index is 9.70. The summed E-state index contributed by atoms with van der Waals surface area (Å²) in [6, 6.07) is 0. The maximum atomic E-state index is 9.70. The molecule has 0 saturated heterocycles. The molecule has 1 amide bonds. The summed E-state index contributed by atoms with van der Waals surface area (Å²) in [4.78, 5) is 24.0. The minimum atomic E-state index is -3.13. The molecule has 0 rings (SSSR count). The molecule has 0 aromatic heterocycles. The van der Waals surface area contributed by atoms with Crippen LogP contribution in [0, 0.1) is 0 Å². The topological polar surface area (TPSA) is 86.6 Å². The van der Waals surface area contributed by atoms with Gasteiger partial charge in [0.15, 0.2) is 0 Å². The van der Waals surface area contributed by atoms with Crippen molar-refractivity contribution in [2.45, 2.75) is 6.92 Å². The van der Waals surface area contributed by atoms with Gasteiger partial charge in [-0.3, -0.25) is 9.36 Å². The van der Waals surface area contributed by atoms with Crippen LogP contribution in [0.5, 0.6) is 0 Å². The summed E-state index contributed by atoms with van der Waals surface area (Å²) in [5.74, 6) is 0.00463. The first-order valence-electron chi connectivity index (χ1n) is 2.11. The van der Waals surface area contributed by atoms with E-state index in [1.807, 2.05) is 0 Å². The summed E-state index contributed by atoms with van der Waals surface area (Å²) in [6.45, 7) is 1.47. The summed E-state index contributed by atoms with van der Waals surface area (Å²) in [5.41, 5.74) is 0. The molecule has 0 radical (unpaired) electrons. The fourth-order valence-electron chi connectivity index (χ4n) is 0. The van der Waals surface area contributed by atoms with Gasteiger partial charge in [0, 0.05) is 14.0 Å². The molecule has 0 aromatic carbocycles. The quantitative estimate of drug-likeness (QED) is 0.396. The van der Waals surface area contributed by atoms with Crippen molar-refractivity contribution < 1.29 is 19.1 Å². The first kappa shape index (κ1) is 11.4. The van der Waals surface area contributed by atoms with Gasteiger partial charge >= 0.3 is 8.25 Å². The second kappa shape index (κ2) is 7.62.